The summed E-state index contributed by atoms with van der Waals surface area (Å²) in [5.41, 5.74) is 4.60. The third-order valence-electron chi connectivity index (χ3n) is 12.1. The largest absolute Gasteiger partial charge is 0.496 e. The van der Waals surface area contributed by atoms with E-state index in [9.17, 15) is 19.8 Å². The van der Waals surface area contributed by atoms with Gasteiger partial charge in [-0.15, -0.1) is 0 Å². The van der Waals surface area contributed by atoms with Crippen LogP contribution in [0.25, 0.3) is 11.1 Å². The van der Waals surface area contributed by atoms with Gasteiger partial charge >= 0.3 is 0 Å². The Bertz CT molecular complexity index is 1640. The minimum atomic E-state index is -0.879. The minimum absolute atomic E-state index is 0.0434. The van der Waals surface area contributed by atoms with Gasteiger partial charge in [0.1, 0.15) is 17.9 Å². The number of hydrogen-bond donors (Lipinski definition) is 3. The number of nitrogens with one attached hydrogen (secondary N) is 1. The first-order valence-electron chi connectivity index (χ1n) is 18.0. The number of rotatable bonds is 12. The highest BCUT2D eigenvalue weighted by Crippen LogP contribution is 2.61. The molecule has 0 unspecified atom stereocenters. The molecule has 50 heavy (non-hydrogen) atoms. The number of methoxy groups -OCH3 is 1. The predicted octanol–water partition coefficient (Wildman–Crippen LogP) is 5.34. The van der Waals surface area contributed by atoms with E-state index in [1.165, 1.54) is 12.0 Å². The summed E-state index contributed by atoms with van der Waals surface area (Å²) in [6, 6.07) is 22.7. The van der Waals surface area contributed by atoms with Crippen LogP contribution in [0.4, 0.5) is 0 Å². The van der Waals surface area contributed by atoms with Crippen LogP contribution in [-0.2, 0) is 22.6 Å². The number of hydroxylamine groups is 2. The molecule has 7 rings (SSSR count). The molecule has 1 saturated heterocycles. The number of benzene rings is 3. The average Bonchev–Trinajstić information content (AvgIpc) is 3.50. The molecule has 3 N–H and O–H groups in total. The summed E-state index contributed by atoms with van der Waals surface area (Å²) in [5, 5.41) is 26.1. The Morgan fingerprint density at radius 3 is 2.40 bits per heavy atom. The highest BCUT2D eigenvalue weighted by atomic mass is 16.7. The number of carbonyl (C=O) groups is 2. The quantitative estimate of drug-likeness (QED) is 0.237. The molecule has 9 nitrogen and oxygen atoms in total. The lowest BCUT2D eigenvalue weighted by atomic mass is 9.45. The summed E-state index contributed by atoms with van der Waals surface area (Å²) in [6.07, 6.45) is 1.33. The lowest BCUT2D eigenvalue weighted by Crippen LogP contribution is -2.62. The molecule has 1 heterocycles. The van der Waals surface area contributed by atoms with E-state index < -0.39 is 24.2 Å². The third kappa shape index (κ3) is 6.93. The fourth-order valence-electron chi connectivity index (χ4n) is 8.89. The first-order chi connectivity index (χ1) is 23.9. The maximum atomic E-state index is 14.1. The Labute approximate surface area is 296 Å². The zero-order valence-electron chi connectivity index (χ0n) is 30.2. The second kappa shape index (κ2) is 14.8. The van der Waals surface area contributed by atoms with Gasteiger partial charge in [-0.05, 0) is 72.6 Å². The van der Waals surface area contributed by atoms with Gasteiger partial charge in [0.15, 0.2) is 0 Å². The van der Waals surface area contributed by atoms with Gasteiger partial charge in [-0.25, -0.2) is 0 Å². The molecule has 268 valence electrons. The third-order valence-corrected chi connectivity index (χ3v) is 12.1. The van der Waals surface area contributed by atoms with E-state index >= 15 is 0 Å². The summed E-state index contributed by atoms with van der Waals surface area (Å²) < 4.78 is 5.97. The second-order valence-corrected chi connectivity index (χ2v) is 15.3. The van der Waals surface area contributed by atoms with Crippen LogP contribution in [0.1, 0.15) is 62.0 Å². The smallest absolute Gasteiger partial charge is 0.253 e. The van der Waals surface area contributed by atoms with E-state index in [0.717, 1.165) is 29.5 Å². The molecule has 3 aromatic rings. The monoisotopic (exact) mass is 683 g/mol. The number of aliphatic hydroxyl groups is 2. The number of fused-ring (bicyclic) bond motifs is 2. The van der Waals surface area contributed by atoms with Crippen molar-refractivity contribution in [3.05, 3.63) is 89.5 Å². The van der Waals surface area contributed by atoms with Crippen molar-refractivity contribution in [3.63, 3.8) is 0 Å². The number of likely N-dealkylation sites (N-methyl/N-ethyl adjacent to an activating group) is 1. The molecule has 0 spiro atoms. The van der Waals surface area contributed by atoms with Crippen LogP contribution >= 0.6 is 0 Å². The second-order valence-electron chi connectivity index (χ2n) is 15.3. The molecule has 8 atom stereocenters. The zero-order valence-corrected chi connectivity index (χ0v) is 30.2. The van der Waals surface area contributed by atoms with E-state index in [2.05, 4.69) is 38.2 Å². The van der Waals surface area contributed by atoms with Crippen molar-refractivity contribution in [1.82, 2.24) is 15.3 Å². The summed E-state index contributed by atoms with van der Waals surface area (Å²) in [6.45, 7) is 9.06. The lowest BCUT2D eigenvalue weighted by Gasteiger charge is -2.62. The molecule has 0 radical (unpaired) electrons. The van der Waals surface area contributed by atoms with E-state index in [4.69, 9.17) is 9.57 Å². The molecule has 9 heteroatoms. The Kier molecular flexibility index (Phi) is 10.7. The maximum Gasteiger partial charge on any atom is 0.253 e. The summed E-state index contributed by atoms with van der Waals surface area (Å²) in [5.74, 6) is 1.28. The Hall–Kier alpha value is -3.76. The van der Waals surface area contributed by atoms with Crippen LogP contribution in [0.3, 0.4) is 0 Å². The Morgan fingerprint density at radius 1 is 1.06 bits per heavy atom. The van der Waals surface area contributed by atoms with Crippen LogP contribution in [0, 0.1) is 29.1 Å². The number of para-hydroxylation sites is 1. The van der Waals surface area contributed by atoms with Gasteiger partial charge in [0.05, 0.1) is 26.4 Å². The molecule has 3 aliphatic carbocycles. The predicted molar refractivity (Wildman–Crippen MR) is 193 cm³/mol. The SMILES string of the molecule is COc1c(CN2O[C@@H](CO)[C@@H]([C@H](C)O)[C@H]2C(=O)N[C@H]2C[C@H]3C[C@@H]([C@@H]2C)C3(C)C)cccc1-c1ccc(C(=O)N(C)CCc2ccccc2)cc1. The summed E-state index contributed by atoms with van der Waals surface area (Å²) in [4.78, 5) is 35.3. The molecule has 2 bridgehead atoms. The number of amides is 2. The lowest BCUT2D eigenvalue weighted by molar-refractivity contribution is -0.183. The van der Waals surface area contributed by atoms with Gasteiger partial charge in [-0.2, -0.15) is 5.06 Å². The standard InChI is InChI=1S/C41H53N3O6/c1-25-33-21-31(41(33,3)4)22-34(25)42-39(47)37-36(26(2)46)35(24-45)50-44(37)23-30-13-10-14-32(38(30)49-6)28-15-17-29(18-16-28)40(48)43(5)20-19-27-11-8-7-9-12-27/h7-18,25-26,31,33-37,45-46H,19-24H2,1-6H3,(H,42,47)/t25-,26-,31+,33-,34-,35-,36+,37-/m0/s1. The number of hydrogen-bond acceptors (Lipinski definition) is 7. The van der Waals surface area contributed by atoms with Crippen molar-refractivity contribution in [2.45, 2.75) is 77.8 Å². The number of ether oxygens (including phenoxy) is 1. The van der Waals surface area contributed by atoms with Gasteiger partial charge in [0.2, 0.25) is 5.91 Å². The highest BCUT2D eigenvalue weighted by Gasteiger charge is 2.57. The fraction of sp³-hybridized carbons (Fsp3) is 0.512. The van der Waals surface area contributed by atoms with Gasteiger partial charge in [0.25, 0.3) is 5.91 Å². The Morgan fingerprint density at radius 2 is 1.78 bits per heavy atom. The molecule has 3 saturated carbocycles. The first-order valence-corrected chi connectivity index (χ1v) is 18.0. The number of carbonyl (C=O) groups excluding carboxylic acids is 2. The van der Waals surface area contributed by atoms with E-state index in [1.807, 2.05) is 67.7 Å². The van der Waals surface area contributed by atoms with Crippen molar-refractivity contribution in [2.24, 2.45) is 29.1 Å². The van der Waals surface area contributed by atoms with Crippen LogP contribution in [0.2, 0.25) is 0 Å². The number of nitrogens with zero attached hydrogens (tertiary/aromatic N) is 2. The van der Waals surface area contributed by atoms with Crippen molar-refractivity contribution >= 4 is 11.8 Å². The first kappa shape index (κ1) is 36.0. The maximum absolute atomic E-state index is 14.1. The average molecular weight is 684 g/mol. The minimum Gasteiger partial charge on any atom is -0.496 e. The zero-order chi connectivity index (χ0) is 35.7. The van der Waals surface area contributed by atoms with Crippen LogP contribution < -0.4 is 10.1 Å². The molecular weight excluding hydrogens is 630 g/mol. The molecule has 0 aromatic heterocycles. The Balaban J connectivity index is 1.19. The van der Waals surface area contributed by atoms with Crippen LogP contribution in [0.15, 0.2) is 72.8 Å². The van der Waals surface area contributed by atoms with Crippen LogP contribution in [-0.4, -0.2) is 83.6 Å². The van der Waals surface area contributed by atoms with Crippen molar-refractivity contribution in [3.8, 4) is 16.9 Å². The molecule has 2 amide bonds. The van der Waals surface area contributed by atoms with E-state index in [1.54, 1.807) is 24.0 Å². The van der Waals surface area contributed by atoms with Crippen molar-refractivity contribution in [2.75, 3.05) is 27.3 Å². The normalized spacial score (nSPS) is 27.6. The fourth-order valence-corrected chi connectivity index (χ4v) is 8.89. The molecule has 1 aliphatic heterocycles. The topological polar surface area (TPSA) is 112 Å². The van der Waals surface area contributed by atoms with E-state index in [0.29, 0.717) is 41.0 Å². The summed E-state index contributed by atoms with van der Waals surface area (Å²) >= 11 is 0. The van der Waals surface area contributed by atoms with Crippen LogP contribution in [0.5, 0.6) is 5.75 Å². The highest BCUT2D eigenvalue weighted by molar-refractivity contribution is 5.94. The van der Waals surface area contributed by atoms with Gasteiger partial charge in [0, 0.05) is 42.2 Å². The van der Waals surface area contributed by atoms with Crippen molar-refractivity contribution < 1.29 is 29.4 Å². The van der Waals surface area contributed by atoms with Crippen molar-refractivity contribution in [1.29, 1.82) is 0 Å². The van der Waals surface area contributed by atoms with Gasteiger partial charge in [-0.3, -0.25) is 14.4 Å². The van der Waals surface area contributed by atoms with Gasteiger partial charge < -0.3 is 25.2 Å². The molecule has 4 fully saturated rings. The van der Waals surface area contributed by atoms with Gasteiger partial charge in [-0.1, -0.05) is 81.4 Å². The number of aliphatic hydroxyl groups excluding tert-OH is 2. The van der Waals surface area contributed by atoms with E-state index in [-0.39, 0.29) is 31.0 Å². The molecule has 4 aliphatic rings. The molecule has 3 aromatic carbocycles. The molecular formula is C41H53N3O6. The summed E-state index contributed by atoms with van der Waals surface area (Å²) in [7, 11) is 3.44.